The van der Waals surface area contributed by atoms with E-state index in [1.807, 2.05) is 13.8 Å². The molecule has 0 spiro atoms. The van der Waals surface area contributed by atoms with Crippen molar-refractivity contribution in [2.45, 2.75) is 20.3 Å². The Morgan fingerprint density at radius 3 is 2.50 bits per heavy atom. The summed E-state index contributed by atoms with van der Waals surface area (Å²) in [6.45, 7) is 3.76. The molecule has 0 saturated heterocycles. The summed E-state index contributed by atoms with van der Waals surface area (Å²) in [5, 5.41) is 0. The van der Waals surface area contributed by atoms with E-state index < -0.39 is 21.4 Å². The minimum absolute atomic E-state index is 0.0186. The van der Waals surface area contributed by atoms with Gasteiger partial charge in [-0.2, -0.15) is 0 Å². The summed E-state index contributed by atoms with van der Waals surface area (Å²) in [6, 6.07) is 1.41. The van der Waals surface area contributed by atoms with Gasteiger partial charge in [0, 0.05) is 5.56 Å². The van der Waals surface area contributed by atoms with Crippen molar-refractivity contribution in [1.29, 1.82) is 0 Å². The molecule has 102 valence electrons. The second-order valence-corrected chi connectivity index (χ2v) is 8.62. The maximum Gasteiger partial charge on any atom is 0.180 e. The van der Waals surface area contributed by atoms with Gasteiger partial charge in [-0.1, -0.05) is 43.5 Å². The van der Waals surface area contributed by atoms with Crippen LogP contribution in [0.4, 0.5) is 0 Å². The summed E-state index contributed by atoms with van der Waals surface area (Å²) < 4.78 is 24.2. The highest BCUT2D eigenvalue weighted by Gasteiger charge is 2.23. The molecule has 1 atom stereocenters. The number of halogens is 2. The van der Waals surface area contributed by atoms with E-state index in [4.69, 9.17) is 23.2 Å². The quantitative estimate of drug-likeness (QED) is 0.748. The van der Waals surface area contributed by atoms with Gasteiger partial charge in [0.25, 0.3) is 0 Å². The molecular formula is C11H14Cl2O3S2. The van der Waals surface area contributed by atoms with Crippen LogP contribution >= 0.6 is 34.5 Å². The lowest BCUT2D eigenvalue weighted by atomic mass is 10.2. The molecule has 18 heavy (non-hydrogen) atoms. The third-order valence-corrected chi connectivity index (χ3v) is 5.81. The summed E-state index contributed by atoms with van der Waals surface area (Å²) >= 11 is 12.6. The zero-order valence-electron chi connectivity index (χ0n) is 10.1. The molecule has 0 radical (unpaired) electrons. The first-order chi connectivity index (χ1) is 8.25. The lowest BCUT2D eigenvalue weighted by Crippen LogP contribution is -2.22. The zero-order chi connectivity index (χ0) is 13.9. The maximum absolute atomic E-state index is 11.8. The Bertz CT molecular complexity index is 534. The fourth-order valence-electron chi connectivity index (χ4n) is 1.42. The van der Waals surface area contributed by atoms with E-state index in [2.05, 4.69) is 0 Å². The van der Waals surface area contributed by atoms with Crippen LogP contribution in [0.3, 0.4) is 0 Å². The van der Waals surface area contributed by atoms with Crippen LogP contribution in [0.1, 0.15) is 30.6 Å². The first-order valence-electron chi connectivity index (χ1n) is 5.43. The lowest BCUT2D eigenvalue weighted by Gasteiger charge is -2.08. The first-order valence-corrected chi connectivity index (χ1v) is 8.83. The molecule has 0 fully saturated rings. The third-order valence-electron chi connectivity index (χ3n) is 2.54. The van der Waals surface area contributed by atoms with E-state index in [-0.39, 0.29) is 21.6 Å². The largest absolute Gasteiger partial charge is 0.293 e. The predicted octanol–water partition coefficient (Wildman–Crippen LogP) is 3.70. The van der Waals surface area contributed by atoms with Crippen LogP contribution < -0.4 is 0 Å². The fourth-order valence-corrected chi connectivity index (χ4v) is 4.69. The smallest absolute Gasteiger partial charge is 0.180 e. The minimum atomic E-state index is -3.39. The number of ketones is 1. The summed E-state index contributed by atoms with van der Waals surface area (Å²) in [4.78, 5) is 11.8. The highest BCUT2D eigenvalue weighted by Crippen LogP contribution is 2.31. The standard InChI is InChI=1S/C11H14Cl2O3S2/c1-3-7(2)5-18(15,16)6-9(14)8-4-10(12)17-11(8)13/h4,7H,3,5-6H2,1-2H3. The van der Waals surface area contributed by atoms with Gasteiger partial charge in [-0.3, -0.25) is 4.79 Å². The number of hydrogen-bond donors (Lipinski definition) is 0. The molecule has 1 heterocycles. The van der Waals surface area contributed by atoms with Gasteiger partial charge < -0.3 is 0 Å². The van der Waals surface area contributed by atoms with Crippen molar-refractivity contribution in [3.63, 3.8) is 0 Å². The van der Waals surface area contributed by atoms with Crippen molar-refractivity contribution < 1.29 is 13.2 Å². The lowest BCUT2D eigenvalue weighted by molar-refractivity contribution is 0.102. The number of Topliss-reactive ketones (excluding diaryl/α,β-unsaturated/α-hetero) is 1. The van der Waals surface area contributed by atoms with Gasteiger partial charge in [0.15, 0.2) is 15.6 Å². The maximum atomic E-state index is 11.8. The number of hydrogen-bond acceptors (Lipinski definition) is 4. The number of thiophene rings is 1. The van der Waals surface area contributed by atoms with E-state index in [0.29, 0.717) is 4.34 Å². The van der Waals surface area contributed by atoms with Gasteiger partial charge >= 0.3 is 0 Å². The van der Waals surface area contributed by atoms with E-state index in [0.717, 1.165) is 17.8 Å². The molecule has 1 unspecified atom stereocenters. The fraction of sp³-hybridized carbons (Fsp3) is 0.545. The summed E-state index contributed by atoms with van der Waals surface area (Å²) in [5.74, 6) is -0.940. The van der Waals surface area contributed by atoms with Gasteiger partial charge in [0.05, 0.1) is 10.1 Å². The normalized spacial score (nSPS) is 13.6. The molecule has 0 N–H and O–H groups in total. The molecule has 0 aliphatic carbocycles. The summed E-state index contributed by atoms with van der Waals surface area (Å²) in [7, 11) is -3.39. The van der Waals surface area contributed by atoms with Crippen molar-refractivity contribution >= 4 is 50.2 Å². The Labute approximate surface area is 121 Å². The van der Waals surface area contributed by atoms with Crippen LogP contribution in [-0.4, -0.2) is 25.7 Å². The predicted molar refractivity (Wildman–Crippen MR) is 76.8 cm³/mol. The van der Waals surface area contributed by atoms with E-state index >= 15 is 0 Å². The van der Waals surface area contributed by atoms with Crippen LogP contribution in [-0.2, 0) is 9.84 Å². The van der Waals surface area contributed by atoms with Crippen LogP contribution in [0.2, 0.25) is 8.67 Å². The Balaban J connectivity index is 2.79. The van der Waals surface area contributed by atoms with Crippen LogP contribution in [0.5, 0.6) is 0 Å². The molecule has 0 saturated carbocycles. The SMILES string of the molecule is CCC(C)CS(=O)(=O)CC(=O)c1cc(Cl)sc1Cl. The molecular weight excluding hydrogens is 315 g/mol. The van der Waals surface area contributed by atoms with Gasteiger partial charge in [-0.25, -0.2) is 8.42 Å². The molecule has 1 rings (SSSR count). The zero-order valence-corrected chi connectivity index (χ0v) is 13.2. The Kier molecular flexibility index (Phi) is 5.65. The first kappa shape index (κ1) is 16.0. The van der Waals surface area contributed by atoms with Crippen LogP contribution in [0.15, 0.2) is 6.07 Å². The summed E-state index contributed by atoms with van der Waals surface area (Å²) in [5.41, 5.74) is 0.194. The topological polar surface area (TPSA) is 51.2 Å². The number of carbonyl (C=O) groups is 1. The van der Waals surface area contributed by atoms with E-state index in [1.165, 1.54) is 6.07 Å². The van der Waals surface area contributed by atoms with Crippen molar-refractivity contribution in [3.05, 3.63) is 20.3 Å². The van der Waals surface area contributed by atoms with Gasteiger partial charge in [-0.05, 0) is 12.0 Å². The second kappa shape index (κ2) is 6.37. The molecule has 0 amide bonds. The number of carbonyl (C=O) groups excluding carboxylic acids is 1. The van der Waals surface area contributed by atoms with E-state index in [1.54, 1.807) is 0 Å². The average molecular weight is 329 g/mol. The van der Waals surface area contributed by atoms with Gasteiger partial charge in [-0.15, -0.1) is 11.3 Å². The Morgan fingerprint density at radius 1 is 1.44 bits per heavy atom. The van der Waals surface area contributed by atoms with E-state index in [9.17, 15) is 13.2 Å². The van der Waals surface area contributed by atoms with Gasteiger partial charge in [0.2, 0.25) is 0 Å². The Hall–Kier alpha value is -0.100. The van der Waals surface area contributed by atoms with Crippen molar-refractivity contribution in [2.24, 2.45) is 5.92 Å². The van der Waals surface area contributed by atoms with Crippen LogP contribution in [0.25, 0.3) is 0 Å². The Morgan fingerprint density at radius 2 is 2.06 bits per heavy atom. The monoisotopic (exact) mass is 328 g/mol. The molecule has 0 bridgehead atoms. The van der Waals surface area contributed by atoms with Crippen LogP contribution in [0, 0.1) is 5.92 Å². The average Bonchev–Trinajstić information content (AvgIpc) is 2.56. The molecule has 7 heteroatoms. The molecule has 3 nitrogen and oxygen atoms in total. The molecule has 1 aromatic rings. The van der Waals surface area contributed by atoms with Crippen molar-refractivity contribution in [3.8, 4) is 0 Å². The molecule has 1 aromatic heterocycles. The number of rotatable bonds is 6. The van der Waals surface area contributed by atoms with Crippen molar-refractivity contribution in [1.82, 2.24) is 0 Å². The second-order valence-electron chi connectivity index (χ2n) is 4.23. The summed E-state index contributed by atoms with van der Waals surface area (Å²) in [6.07, 6.45) is 0.762. The highest BCUT2D eigenvalue weighted by atomic mass is 35.5. The molecule has 0 aliphatic rings. The highest BCUT2D eigenvalue weighted by molar-refractivity contribution is 7.92. The molecule has 0 aliphatic heterocycles. The van der Waals surface area contributed by atoms with Crippen molar-refractivity contribution in [2.75, 3.05) is 11.5 Å². The number of sulfone groups is 1. The molecule has 0 aromatic carbocycles. The van der Waals surface area contributed by atoms with Gasteiger partial charge in [0.1, 0.15) is 10.1 Å². The minimum Gasteiger partial charge on any atom is -0.293 e. The third kappa shape index (κ3) is 4.53.